The van der Waals surface area contributed by atoms with Gasteiger partial charge in [0.1, 0.15) is 6.04 Å². The molecule has 1 aliphatic heterocycles. The Balaban J connectivity index is 0.000000466. The molecule has 0 aromatic heterocycles. The van der Waals surface area contributed by atoms with Gasteiger partial charge in [0.05, 0.1) is 12.3 Å². The van der Waals surface area contributed by atoms with Gasteiger partial charge >= 0.3 is 0 Å². The summed E-state index contributed by atoms with van der Waals surface area (Å²) in [6.45, 7) is 2.03. The zero-order chi connectivity index (χ0) is 19.4. The quantitative estimate of drug-likeness (QED) is 0.876. The van der Waals surface area contributed by atoms with Crippen molar-refractivity contribution >= 4 is 17.5 Å². The molecule has 4 rings (SSSR count). The number of anilines is 1. The van der Waals surface area contributed by atoms with Gasteiger partial charge in [-0.15, -0.1) is 0 Å². The summed E-state index contributed by atoms with van der Waals surface area (Å²) in [5.41, 5.74) is 3.46. The number of amides is 2. The number of likely N-dealkylation sites (N-methyl/N-ethyl adjacent to an activating group) is 1. The molecule has 142 valence electrons. The average molecular weight is 366 g/mol. The summed E-state index contributed by atoms with van der Waals surface area (Å²) in [4.78, 5) is 26.3. The molecule has 2 N–H and O–H groups in total. The van der Waals surface area contributed by atoms with Gasteiger partial charge in [-0.2, -0.15) is 0 Å². The molecule has 5 nitrogen and oxygen atoms in total. The molecule has 2 aromatic rings. The summed E-state index contributed by atoms with van der Waals surface area (Å²) in [7, 11) is 1.71. The van der Waals surface area contributed by atoms with E-state index in [2.05, 4.69) is 12.2 Å². The lowest BCUT2D eigenvalue weighted by Gasteiger charge is -2.22. The van der Waals surface area contributed by atoms with Gasteiger partial charge in [-0.25, -0.2) is 0 Å². The normalized spacial score (nSPS) is 17.8. The first-order valence-electron chi connectivity index (χ1n) is 9.39. The molecule has 0 saturated heterocycles. The van der Waals surface area contributed by atoms with Crippen LogP contribution in [0.4, 0.5) is 5.69 Å². The largest absolute Gasteiger partial charge is 0.396 e. The van der Waals surface area contributed by atoms with Crippen LogP contribution in [0.3, 0.4) is 0 Å². The smallest absolute Gasteiger partial charge is 0.253 e. The van der Waals surface area contributed by atoms with Crippen molar-refractivity contribution in [3.63, 3.8) is 0 Å². The van der Waals surface area contributed by atoms with Crippen molar-refractivity contribution in [2.24, 2.45) is 5.92 Å². The van der Waals surface area contributed by atoms with E-state index in [-0.39, 0.29) is 24.8 Å². The van der Waals surface area contributed by atoms with Crippen LogP contribution in [0, 0.1) is 5.92 Å². The number of fused-ring (bicyclic) bond motifs is 3. The van der Waals surface area contributed by atoms with Crippen LogP contribution in [0.15, 0.2) is 48.5 Å². The zero-order valence-electron chi connectivity index (χ0n) is 15.8. The highest BCUT2D eigenvalue weighted by molar-refractivity contribution is 6.05. The minimum Gasteiger partial charge on any atom is -0.396 e. The number of hydrogen-bond acceptors (Lipinski definition) is 3. The molecule has 0 bridgehead atoms. The zero-order valence-corrected chi connectivity index (χ0v) is 15.8. The van der Waals surface area contributed by atoms with E-state index >= 15 is 0 Å². The van der Waals surface area contributed by atoms with E-state index in [1.165, 1.54) is 12.8 Å². The third-order valence-electron chi connectivity index (χ3n) is 4.92. The van der Waals surface area contributed by atoms with Crippen LogP contribution < -0.4 is 10.2 Å². The predicted molar refractivity (Wildman–Crippen MR) is 106 cm³/mol. The van der Waals surface area contributed by atoms with Gasteiger partial charge in [-0.3, -0.25) is 9.59 Å². The number of benzene rings is 2. The molecular weight excluding hydrogens is 340 g/mol. The van der Waals surface area contributed by atoms with Crippen molar-refractivity contribution in [3.8, 4) is 11.1 Å². The molecule has 2 aliphatic rings. The van der Waals surface area contributed by atoms with E-state index in [0.717, 1.165) is 28.3 Å². The topological polar surface area (TPSA) is 69.6 Å². The van der Waals surface area contributed by atoms with E-state index in [9.17, 15) is 9.59 Å². The first-order valence-corrected chi connectivity index (χ1v) is 9.39. The van der Waals surface area contributed by atoms with Gasteiger partial charge in [0.25, 0.3) is 5.91 Å². The van der Waals surface area contributed by atoms with Gasteiger partial charge in [0.2, 0.25) is 5.91 Å². The highest BCUT2D eigenvalue weighted by Crippen LogP contribution is 2.39. The number of hydrogen-bond donors (Lipinski definition) is 2. The second-order valence-corrected chi connectivity index (χ2v) is 7.16. The molecule has 5 heteroatoms. The second-order valence-electron chi connectivity index (χ2n) is 7.16. The molecule has 1 fully saturated rings. The third-order valence-corrected chi connectivity index (χ3v) is 4.92. The summed E-state index contributed by atoms with van der Waals surface area (Å²) in [5.74, 6) is 0.536. The minimum atomic E-state index is -0.761. The lowest BCUT2D eigenvalue weighted by Crippen LogP contribution is -2.40. The Kier molecular flexibility index (Phi) is 5.91. The minimum absolute atomic E-state index is 0.0252. The number of para-hydroxylation sites is 1. The maximum absolute atomic E-state index is 12.9. The van der Waals surface area contributed by atoms with Gasteiger partial charge in [-0.1, -0.05) is 62.2 Å². The molecule has 1 aliphatic carbocycles. The van der Waals surface area contributed by atoms with Crippen LogP contribution in [0.25, 0.3) is 11.1 Å². The highest BCUT2D eigenvalue weighted by atomic mass is 16.3. The highest BCUT2D eigenvalue weighted by Gasteiger charge is 2.32. The van der Waals surface area contributed by atoms with E-state index in [0.29, 0.717) is 0 Å². The van der Waals surface area contributed by atoms with Crippen LogP contribution in [0.5, 0.6) is 0 Å². The van der Waals surface area contributed by atoms with Gasteiger partial charge in [0.15, 0.2) is 0 Å². The molecular formula is C22H26N2O3. The molecule has 0 spiro atoms. The van der Waals surface area contributed by atoms with E-state index in [1.807, 2.05) is 48.5 Å². The maximum Gasteiger partial charge on any atom is 0.253 e. The number of carbonyl (C=O) groups excluding carboxylic acids is 2. The lowest BCUT2D eigenvalue weighted by molar-refractivity contribution is -0.128. The predicted octanol–water partition coefficient (Wildman–Crippen LogP) is 3.29. The first-order chi connectivity index (χ1) is 13.0. The summed E-state index contributed by atoms with van der Waals surface area (Å²) < 4.78 is 0. The summed E-state index contributed by atoms with van der Waals surface area (Å²) in [5, 5.41) is 11.7. The van der Waals surface area contributed by atoms with Gasteiger partial charge < -0.3 is 15.3 Å². The van der Waals surface area contributed by atoms with Gasteiger partial charge in [-0.05, 0) is 23.1 Å². The van der Waals surface area contributed by atoms with E-state index in [1.54, 1.807) is 11.9 Å². The molecule has 1 atom stereocenters. The fourth-order valence-corrected chi connectivity index (χ4v) is 3.07. The molecule has 0 radical (unpaired) electrons. The maximum atomic E-state index is 12.9. The van der Waals surface area contributed by atoms with Crippen LogP contribution in [-0.4, -0.2) is 30.6 Å². The number of rotatable bonds is 3. The monoisotopic (exact) mass is 366 g/mol. The molecule has 1 saturated carbocycles. The molecule has 27 heavy (non-hydrogen) atoms. The fourth-order valence-electron chi connectivity index (χ4n) is 3.07. The van der Waals surface area contributed by atoms with Crippen LogP contribution in [0.1, 0.15) is 37.8 Å². The first kappa shape index (κ1) is 19.1. The fraction of sp³-hybridized carbons (Fsp3) is 0.364. The third kappa shape index (κ3) is 4.37. The number of aliphatic hydroxyl groups excluding tert-OH is 1. The van der Waals surface area contributed by atoms with Crippen molar-refractivity contribution in [2.75, 3.05) is 18.6 Å². The molecule has 1 heterocycles. The van der Waals surface area contributed by atoms with Crippen molar-refractivity contribution in [3.05, 3.63) is 54.1 Å². The number of aliphatic hydroxyl groups is 1. The van der Waals surface area contributed by atoms with Crippen molar-refractivity contribution in [2.45, 2.75) is 32.2 Å². The van der Waals surface area contributed by atoms with Gasteiger partial charge in [0, 0.05) is 19.0 Å². The number of carbonyl (C=O) groups is 2. The summed E-state index contributed by atoms with van der Waals surface area (Å²) >= 11 is 0. The van der Waals surface area contributed by atoms with Crippen molar-refractivity contribution in [1.82, 2.24) is 5.32 Å². The van der Waals surface area contributed by atoms with Crippen molar-refractivity contribution < 1.29 is 14.7 Å². The van der Waals surface area contributed by atoms with Crippen LogP contribution >= 0.6 is 0 Å². The summed E-state index contributed by atoms with van der Waals surface area (Å²) in [6, 6.07) is 14.5. The Hall–Kier alpha value is -2.66. The SMILES string of the molecule is CC1CC1.CN1C(=O)[C@@H](NC(=O)CCO)c2ccccc2-c2ccccc21. The Labute approximate surface area is 160 Å². The van der Waals surface area contributed by atoms with Crippen molar-refractivity contribution in [1.29, 1.82) is 0 Å². The Bertz CT molecular complexity index is 830. The molecule has 2 amide bonds. The van der Waals surface area contributed by atoms with E-state index in [4.69, 9.17) is 5.11 Å². The average Bonchev–Trinajstić information content (AvgIpc) is 3.48. The Morgan fingerprint density at radius 3 is 2.33 bits per heavy atom. The second kappa shape index (κ2) is 8.35. The van der Waals surface area contributed by atoms with Crippen LogP contribution in [-0.2, 0) is 9.59 Å². The number of nitrogens with zero attached hydrogens (tertiary/aromatic N) is 1. The summed E-state index contributed by atoms with van der Waals surface area (Å²) in [6.07, 6.45) is 2.95. The lowest BCUT2D eigenvalue weighted by atomic mass is 9.95. The van der Waals surface area contributed by atoms with Crippen LogP contribution in [0.2, 0.25) is 0 Å². The molecule has 2 aromatic carbocycles. The molecule has 0 unspecified atom stereocenters. The van der Waals surface area contributed by atoms with E-state index < -0.39 is 6.04 Å². The number of nitrogens with one attached hydrogen (secondary N) is 1. The standard InChI is InChI=1S/C18H18N2O3.C4H8/c1-20-15-9-5-4-7-13(15)12-6-2-3-8-14(12)17(18(20)23)19-16(22)10-11-21;1-4-2-3-4/h2-9,17,21H,10-11H2,1H3,(H,19,22);4H,2-3H2,1H3/t17-;/m0./s1. The Morgan fingerprint density at radius 1 is 1.11 bits per heavy atom. The Morgan fingerprint density at radius 2 is 1.70 bits per heavy atom.